The second-order valence-electron chi connectivity index (χ2n) is 7.75. The molecule has 3 rings (SSSR count). The van der Waals surface area contributed by atoms with Crippen molar-refractivity contribution in [2.75, 3.05) is 51.7 Å². The molecule has 0 spiro atoms. The van der Waals surface area contributed by atoms with E-state index in [2.05, 4.69) is 41.8 Å². The van der Waals surface area contributed by atoms with Crippen LogP contribution in [0.2, 0.25) is 0 Å². The maximum absolute atomic E-state index is 12.6. The van der Waals surface area contributed by atoms with Crippen LogP contribution in [0.3, 0.4) is 0 Å². The fourth-order valence-electron chi connectivity index (χ4n) is 4.09. The van der Waals surface area contributed by atoms with Gasteiger partial charge in [-0.25, -0.2) is 0 Å². The molecule has 1 amide bonds. The number of amides is 1. The molecule has 2 aliphatic rings. The summed E-state index contributed by atoms with van der Waals surface area (Å²) in [6, 6.07) is 6.65. The molecule has 0 aromatic heterocycles. The predicted octanol–water partition coefficient (Wildman–Crippen LogP) is 3.11. The van der Waals surface area contributed by atoms with Gasteiger partial charge in [-0.15, -0.1) is 11.8 Å². The maximum Gasteiger partial charge on any atom is 0.232 e. The van der Waals surface area contributed by atoms with E-state index < -0.39 is 0 Å². The number of piperidine rings is 1. The molecule has 2 saturated heterocycles. The summed E-state index contributed by atoms with van der Waals surface area (Å²) in [4.78, 5) is 17.2. The number of ether oxygens (including phenoxy) is 1. The number of carbonyl (C=O) groups excluding carboxylic acids is 1. The molecule has 26 heavy (non-hydrogen) atoms. The normalized spacial score (nSPS) is 21.8. The number of aryl methyl sites for hydroxylation is 2. The Morgan fingerprint density at radius 1 is 1.15 bits per heavy atom. The third-order valence-corrected chi connectivity index (χ3v) is 6.26. The van der Waals surface area contributed by atoms with Crippen molar-refractivity contribution in [3.63, 3.8) is 0 Å². The second-order valence-corrected chi connectivity index (χ2v) is 8.74. The minimum absolute atomic E-state index is 0.311. The van der Waals surface area contributed by atoms with Crippen LogP contribution in [0.15, 0.2) is 18.2 Å². The summed E-state index contributed by atoms with van der Waals surface area (Å²) in [6.07, 6.45) is 2.39. The molecule has 0 unspecified atom stereocenters. The van der Waals surface area contributed by atoms with E-state index in [0.717, 1.165) is 58.1 Å². The Kier molecular flexibility index (Phi) is 7.41. The number of thioether (sulfide) groups is 1. The average molecular weight is 377 g/mol. The number of hydrogen-bond acceptors (Lipinski definition) is 4. The molecule has 0 saturated carbocycles. The summed E-state index contributed by atoms with van der Waals surface area (Å²) in [7, 11) is 0. The van der Waals surface area contributed by atoms with Crippen LogP contribution in [-0.2, 0) is 15.3 Å². The van der Waals surface area contributed by atoms with Gasteiger partial charge in [-0.3, -0.25) is 9.69 Å². The third kappa shape index (κ3) is 6.00. The van der Waals surface area contributed by atoms with Gasteiger partial charge in [-0.2, -0.15) is 0 Å². The Hall–Kier alpha value is -1.04. The molecule has 2 heterocycles. The first-order valence-corrected chi connectivity index (χ1v) is 11.0. The standard InChI is InChI=1S/C21H32N2O2S/c1-17-10-18(2)12-20(11-17)15-26-16-21(24)23-5-3-4-19(14-23)13-22-6-8-25-9-7-22/h10-12,19H,3-9,13-16H2,1-2H3/t19-/m1/s1. The van der Waals surface area contributed by atoms with Gasteiger partial charge in [0.05, 0.1) is 19.0 Å². The highest BCUT2D eigenvalue weighted by Crippen LogP contribution is 2.21. The lowest BCUT2D eigenvalue weighted by molar-refractivity contribution is -0.130. The van der Waals surface area contributed by atoms with Gasteiger partial charge in [0.25, 0.3) is 0 Å². The first-order valence-electron chi connectivity index (χ1n) is 9.83. The molecule has 0 N–H and O–H groups in total. The molecule has 0 radical (unpaired) electrons. The van der Waals surface area contributed by atoms with Gasteiger partial charge < -0.3 is 9.64 Å². The fourth-order valence-corrected chi connectivity index (χ4v) is 4.95. The third-order valence-electron chi connectivity index (χ3n) is 5.27. The van der Waals surface area contributed by atoms with E-state index in [-0.39, 0.29) is 0 Å². The fraction of sp³-hybridized carbons (Fsp3) is 0.667. The number of nitrogens with zero attached hydrogens (tertiary/aromatic N) is 2. The Morgan fingerprint density at radius 3 is 2.62 bits per heavy atom. The molecular weight excluding hydrogens is 344 g/mol. The monoisotopic (exact) mass is 376 g/mol. The highest BCUT2D eigenvalue weighted by molar-refractivity contribution is 7.99. The van der Waals surface area contributed by atoms with Crippen molar-refractivity contribution in [2.45, 2.75) is 32.4 Å². The Morgan fingerprint density at radius 2 is 1.88 bits per heavy atom. The van der Waals surface area contributed by atoms with E-state index in [4.69, 9.17) is 4.74 Å². The summed E-state index contributed by atoms with van der Waals surface area (Å²) in [5.74, 6) is 2.44. The number of benzene rings is 1. The Bertz CT molecular complexity index is 581. The minimum Gasteiger partial charge on any atom is -0.379 e. The first kappa shape index (κ1) is 19.7. The zero-order chi connectivity index (χ0) is 18.4. The summed E-state index contributed by atoms with van der Waals surface area (Å²) in [5, 5.41) is 0. The molecule has 4 nitrogen and oxygen atoms in total. The van der Waals surface area contributed by atoms with E-state index in [0.29, 0.717) is 17.6 Å². The number of carbonyl (C=O) groups is 1. The van der Waals surface area contributed by atoms with Crippen LogP contribution >= 0.6 is 11.8 Å². The van der Waals surface area contributed by atoms with E-state index in [1.165, 1.54) is 23.1 Å². The maximum atomic E-state index is 12.6. The van der Waals surface area contributed by atoms with Crippen LogP contribution in [0.5, 0.6) is 0 Å². The van der Waals surface area contributed by atoms with Gasteiger partial charge in [-0.1, -0.05) is 29.3 Å². The van der Waals surface area contributed by atoms with Crippen LogP contribution in [0, 0.1) is 19.8 Å². The second kappa shape index (κ2) is 9.77. The molecule has 0 bridgehead atoms. The number of hydrogen-bond donors (Lipinski definition) is 0. The van der Waals surface area contributed by atoms with Gasteiger partial charge >= 0.3 is 0 Å². The number of likely N-dealkylation sites (tertiary alicyclic amines) is 1. The summed E-state index contributed by atoms with van der Waals surface area (Å²) in [5.41, 5.74) is 3.92. The van der Waals surface area contributed by atoms with Crippen LogP contribution in [0.1, 0.15) is 29.5 Å². The molecule has 0 aliphatic carbocycles. The molecule has 1 aromatic rings. The Balaban J connectivity index is 1.42. The van der Waals surface area contributed by atoms with Gasteiger partial charge in [0.15, 0.2) is 0 Å². The summed E-state index contributed by atoms with van der Waals surface area (Å²) < 4.78 is 5.43. The molecule has 2 fully saturated rings. The van der Waals surface area contributed by atoms with Crippen molar-refractivity contribution < 1.29 is 9.53 Å². The van der Waals surface area contributed by atoms with Gasteiger partial charge in [-0.05, 0) is 38.2 Å². The lowest BCUT2D eigenvalue weighted by atomic mass is 9.97. The molecule has 1 aromatic carbocycles. The van der Waals surface area contributed by atoms with Crippen LogP contribution < -0.4 is 0 Å². The lowest BCUT2D eigenvalue weighted by Crippen LogP contribution is -2.46. The topological polar surface area (TPSA) is 32.8 Å². The average Bonchev–Trinajstić information content (AvgIpc) is 2.62. The summed E-state index contributed by atoms with van der Waals surface area (Å²) in [6.45, 7) is 11.0. The van der Waals surface area contributed by atoms with E-state index in [1.54, 1.807) is 11.8 Å². The summed E-state index contributed by atoms with van der Waals surface area (Å²) >= 11 is 1.74. The first-order chi connectivity index (χ1) is 12.6. The molecule has 144 valence electrons. The van der Waals surface area contributed by atoms with Crippen molar-refractivity contribution in [1.82, 2.24) is 9.80 Å². The minimum atomic E-state index is 0.311. The van der Waals surface area contributed by atoms with Crippen LogP contribution in [0.25, 0.3) is 0 Å². The van der Waals surface area contributed by atoms with E-state index in [1.807, 2.05) is 0 Å². The number of morpholine rings is 1. The molecule has 2 aliphatic heterocycles. The van der Waals surface area contributed by atoms with Crippen LogP contribution in [0.4, 0.5) is 0 Å². The van der Waals surface area contributed by atoms with Gasteiger partial charge in [0.2, 0.25) is 5.91 Å². The quantitative estimate of drug-likeness (QED) is 0.764. The van der Waals surface area contributed by atoms with E-state index >= 15 is 0 Å². The van der Waals surface area contributed by atoms with E-state index in [9.17, 15) is 4.79 Å². The van der Waals surface area contributed by atoms with Crippen molar-refractivity contribution >= 4 is 17.7 Å². The highest BCUT2D eigenvalue weighted by Gasteiger charge is 2.25. The van der Waals surface area contributed by atoms with Crippen molar-refractivity contribution in [3.05, 3.63) is 34.9 Å². The molecular formula is C21H32N2O2S. The highest BCUT2D eigenvalue weighted by atomic mass is 32.2. The van der Waals surface area contributed by atoms with Crippen molar-refractivity contribution in [2.24, 2.45) is 5.92 Å². The van der Waals surface area contributed by atoms with Crippen molar-refractivity contribution in [1.29, 1.82) is 0 Å². The van der Waals surface area contributed by atoms with Crippen molar-refractivity contribution in [3.8, 4) is 0 Å². The largest absolute Gasteiger partial charge is 0.379 e. The SMILES string of the molecule is Cc1cc(C)cc(CSCC(=O)N2CCC[C@H](CN3CCOCC3)C2)c1. The van der Waals surface area contributed by atoms with Gasteiger partial charge in [0.1, 0.15) is 0 Å². The number of rotatable bonds is 6. The predicted molar refractivity (Wildman–Crippen MR) is 109 cm³/mol. The molecule has 5 heteroatoms. The zero-order valence-corrected chi connectivity index (χ0v) is 17.0. The Labute approximate surface area is 162 Å². The molecule has 1 atom stereocenters. The van der Waals surface area contributed by atoms with Gasteiger partial charge in [0, 0.05) is 38.5 Å². The van der Waals surface area contributed by atoms with Crippen LogP contribution in [-0.4, -0.2) is 67.4 Å². The zero-order valence-electron chi connectivity index (χ0n) is 16.2. The lowest BCUT2D eigenvalue weighted by Gasteiger charge is -2.36. The smallest absolute Gasteiger partial charge is 0.232 e.